The van der Waals surface area contributed by atoms with Crippen molar-refractivity contribution >= 4 is 35.3 Å². The molecule has 1 aromatic carbocycles. The smallest absolute Gasteiger partial charge is 0.251 e. The monoisotopic (exact) mass is 552 g/mol. The molecule has 1 aromatic rings. The van der Waals surface area contributed by atoms with E-state index in [2.05, 4.69) is 21.7 Å². The van der Waals surface area contributed by atoms with Crippen LogP contribution in [0.15, 0.2) is 29.3 Å². The first kappa shape index (κ1) is 30.1. The molecule has 0 spiro atoms. The number of carbonyl (C=O) groups is 4. The standard InChI is InChI=1S/C31H44N4O5/c1-4-5-6-7-18-40-24-10-8-23(9-11-24)35-29(38)19-26(30(35)39)34-16-14-33(15-17-34)13-12-32-22-25-27(36)20-31(2,3)21-28(25)37/h8-11,22,25-26H,4-7,12-21H2,1-3H3/t26-/m0/s1. The van der Waals surface area contributed by atoms with Crippen LogP contribution >= 0.6 is 0 Å². The van der Waals surface area contributed by atoms with Crippen LogP contribution in [-0.4, -0.2) is 91.3 Å². The molecule has 1 atom stereocenters. The second-order valence-electron chi connectivity index (χ2n) is 12.1. The number of anilines is 1. The molecular formula is C31H44N4O5. The fraction of sp³-hybridized carbons (Fsp3) is 0.645. The topological polar surface area (TPSA) is 99.6 Å². The summed E-state index contributed by atoms with van der Waals surface area (Å²) in [6.45, 7) is 10.9. The number of rotatable bonds is 12. The van der Waals surface area contributed by atoms with E-state index in [-0.39, 0.29) is 35.2 Å². The van der Waals surface area contributed by atoms with Crippen LogP contribution in [0, 0.1) is 11.3 Å². The molecule has 2 heterocycles. The largest absolute Gasteiger partial charge is 0.494 e. The number of hydrogen-bond donors (Lipinski definition) is 0. The van der Waals surface area contributed by atoms with Crippen molar-refractivity contribution in [2.24, 2.45) is 16.3 Å². The molecule has 0 aromatic heterocycles. The lowest BCUT2D eigenvalue weighted by atomic mass is 9.72. The van der Waals surface area contributed by atoms with E-state index in [1.807, 2.05) is 26.0 Å². The van der Waals surface area contributed by atoms with Crippen LogP contribution in [-0.2, 0) is 19.2 Å². The number of carbonyl (C=O) groups excluding carboxylic acids is 4. The molecule has 0 bridgehead atoms. The Hall–Kier alpha value is -2.91. The van der Waals surface area contributed by atoms with Crippen molar-refractivity contribution in [1.82, 2.24) is 9.80 Å². The minimum atomic E-state index is -0.696. The van der Waals surface area contributed by atoms with Crippen LogP contribution in [0.2, 0.25) is 0 Å². The molecule has 9 heteroatoms. The van der Waals surface area contributed by atoms with Gasteiger partial charge in [-0.1, -0.05) is 40.0 Å². The number of piperazine rings is 1. The maximum Gasteiger partial charge on any atom is 0.251 e. The highest BCUT2D eigenvalue weighted by molar-refractivity contribution is 6.22. The fourth-order valence-corrected chi connectivity index (χ4v) is 5.83. The molecule has 2 amide bonds. The number of nitrogens with zero attached hydrogens (tertiary/aromatic N) is 4. The Morgan fingerprint density at radius 3 is 2.27 bits per heavy atom. The quantitative estimate of drug-likeness (QED) is 0.169. The molecule has 0 radical (unpaired) electrons. The zero-order chi connectivity index (χ0) is 28.7. The summed E-state index contributed by atoms with van der Waals surface area (Å²) < 4.78 is 5.79. The highest BCUT2D eigenvalue weighted by atomic mass is 16.5. The first-order valence-electron chi connectivity index (χ1n) is 14.8. The van der Waals surface area contributed by atoms with Gasteiger partial charge in [-0.25, -0.2) is 4.90 Å². The molecule has 218 valence electrons. The summed E-state index contributed by atoms with van der Waals surface area (Å²) in [5.74, 6) is -0.359. The lowest BCUT2D eigenvalue weighted by Gasteiger charge is -2.36. The third-order valence-corrected chi connectivity index (χ3v) is 8.13. The molecule has 1 aliphatic carbocycles. The van der Waals surface area contributed by atoms with Crippen LogP contribution in [0.25, 0.3) is 0 Å². The average molecular weight is 553 g/mol. The van der Waals surface area contributed by atoms with Gasteiger partial charge in [-0.15, -0.1) is 0 Å². The van der Waals surface area contributed by atoms with Gasteiger partial charge in [-0.2, -0.15) is 0 Å². The van der Waals surface area contributed by atoms with Crippen LogP contribution < -0.4 is 9.64 Å². The Balaban J connectivity index is 1.21. The van der Waals surface area contributed by atoms with E-state index in [1.54, 1.807) is 18.3 Å². The number of aliphatic imine (C=N–C) groups is 1. The van der Waals surface area contributed by atoms with Gasteiger partial charge in [0, 0.05) is 51.8 Å². The Kier molecular flexibility index (Phi) is 10.2. The van der Waals surface area contributed by atoms with E-state index in [9.17, 15) is 19.2 Å². The first-order chi connectivity index (χ1) is 19.2. The van der Waals surface area contributed by atoms with Crippen molar-refractivity contribution in [3.8, 4) is 5.75 Å². The van der Waals surface area contributed by atoms with Crippen LogP contribution in [0.1, 0.15) is 65.7 Å². The van der Waals surface area contributed by atoms with Gasteiger partial charge in [0.25, 0.3) is 5.91 Å². The molecule has 2 saturated heterocycles. The van der Waals surface area contributed by atoms with Gasteiger partial charge in [-0.3, -0.25) is 34.0 Å². The van der Waals surface area contributed by atoms with Gasteiger partial charge in [0.1, 0.15) is 23.2 Å². The van der Waals surface area contributed by atoms with Gasteiger partial charge in [-0.05, 0) is 36.1 Å². The molecule has 40 heavy (non-hydrogen) atoms. The molecule has 0 N–H and O–H groups in total. The molecule has 9 nitrogen and oxygen atoms in total. The van der Waals surface area contributed by atoms with Crippen LogP contribution in [0.5, 0.6) is 5.75 Å². The van der Waals surface area contributed by atoms with E-state index in [0.29, 0.717) is 44.8 Å². The summed E-state index contributed by atoms with van der Waals surface area (Å²) in [5.41, 5.74) is 0.332. The number of hydrogen-bond acceptors (Lipinski definition) is 8. The highest BCUT2D eigenvalue weighted by Crippen LogP contribution is 2.33. The fourth-order valence-electron chi connectivity index (χ4n) is 5.83. The molecule has 4 rings (SSSR count). The summed E-state index contributed by atoms with van der Waals surface area (Å²) >= 11 is 0. The number of benzene rings is 1. The SMILES string of the molecule is CCCCCCOc1ccc(N2C(=O)C[C@H](N3CCN(CCN=CC4C(=O)CC(C)(C)CC4=O)CC3)C2=O)cc1. The van der Waals surface area contributed by atoms with Crippen molar-refractivity contribution in [3.63, 3.8) is 0 Å². The Morgan fingerprint density at radius 2 is 1.62 bits per heavy atom. The number of Topliss-reactive ketones (excluding diaryl/α,β-unsaturated/α-hetero) is 2. The molecule has 3 aliphatic rings. The van der Waals surface area contributed by atoms with E-state index in [1.165, 1.54) is 17.7 Å². The average Bonchev–Trinajstić information content (AvgIpc) is 3.21. The van der Waals surface area contributed by atoms with E-state index in [4.69, 9.17) is 4.74 Å². The number of ketones is 2. The van der Waals surface area contributed by atoms with E-state index >= 15 is 0 Å². The van der Waals surface area contributed by atoms with E-state index < -0.39 is 12.0 Å². The number of unbranched alkanes of at least 4 members (excludes halogenated alkanes) is 3. The van der Waals surface area contributed by atoms with Crippen LogP contribution in [0.3, 0.4) is 0 Å². The lowest BCUT2D eigenvalue weighted by Crippen LogP contribution is -2.52. The van der Waals surface area contributed by atoms with Crippen molar-refractivity contribution in [2.75, 3.05) is 50.8 Å². The molecule has 3 fully saturated rings. The molecule has 2 aliphatic heterocycles. The minimum Gasteiger partial charge on any atom is -0.494 e. The second kappa shape index (κ2) is 13.6. The lowest BCUT2D eigenvalue weighted by molar-refractivity contribution is -0.136. The minimum absolute atomic E-state index is 0.0366. The maximum atomic E-state index is 13.3. The first-order valence-corrected chi connectivity index (χ1v) is 14.8. The normalized spacial score (nSPS) is 23.1. The third-order valence-electron chi connectivity index (χ3n) is 8.13. The summed E-state index contributed by atoms with van der Waals surface area (Å²) in [6.07, 6.45) is 7.12. The Morgan fingerprint density at radius 1 is 0.950 bits per heavy atom. The molecule has 0 unspecified atom stereocenters. The molecular weight excluding hydrogens is 508 g/mol. The number of amides is 2. The summed E-state index contributed by atoms with van der Waals surface area (Å²) in [7, 11) is 0. The van der Waals surface area contributed by atoms with Gasteiger partial charge < -0.3 is 4.74 Å². The highest BCUT2D eigenvalue weighted by Gasteiger charge is 2.43. The molecule has 1 saturated carbocycles. The van der Waals surface area contributed by atoms with Gasteiger partial charge in [0.2, 0.25) is 5.91 Å². The third kappa shape index (κ3) is 7.63. The zero-order valence-corrected chi connectivity index (χ0v) is 24.3. The predicted molar refractivity (Wildman–Crippen MR) is 155 cm³/mol. The van der Waals surface area contributed by atoms with E-state index in [0.717, 1.165) is 38.2 Å². The zero-order valence-electron chi connectivity index (χ0n) is 24.3. The van der Waals surface area contributed by atoms with Gasteiger partial charge in [0.15, 0.2) is 0 Å². The Labute approximate surface area is 237 Å². The van der Waals surface area contributed by atoms with Crippen LogP contribution in [0.4, 0.5) is 5.69 Å². The van der Waals surface area contributed by atoms with Crippen molar-refractivity contribution in [2.45, 2.75) is 71.8 Å². The van der Waals surface area contributed by atoms with Crippen molar-refractivity contribution in [3.05, 3.63) is 24.3 Å². The van der Waals surface area contributed by atoms with Gasteiger partial charge >= 0.3 is 0 Å². The summed E-state index contributed by atoms with van der Waals surface area (Å²) in [5, 5.41) is 0. The predicted octanol–water partition coefficient (Wildman–Crippen LogP) is 3.54. The van der Waals surface area contributed by atoms with Crippen molar-refractivity contribution in [1.29, 1.82) is 0 Å². The second-order valence-corrected chi connectivity index (χ2v) is 12.1. The van der Waals surface area contributed by atoms with Crippen molar-refractivity contribution < 1.29 is 23.9 Å². The number of ether oxygens (including phenoxy) is 1. The summed E-state index contributed by atoms with van der Waals surface area (Å²) in [6, 6.07) is 6.78. The Bertz CT molecular complexity index is 1070. The summed E-state index contributed by atoms with van der Waals surface area (Å²) in [4.78, 5) is 60.8. The number of imide groups is 1. The maximum absolute atomic E-state index is 13.3. The van der Waals surface area contributed by atoms with Gasteiger partial charge in [0.05, 0.1) is 31.3 Å².